The third kappa shape index (κ3) is 2.64. The van der Waals surface area contributed by atoms with Crippen molar-refractivity contribution >= 4 is 12.0 Å². The third-order valence-corrected chi connectivity index (χ3v) is 4.25. The van der Waals surface area contributed by atoms with Gasteiger partial charge in [0, 0.05) is 32.0 Å². The zero-order chi connectivity index (χ0) is 15.7. The van der Waals surface area contributed by atoms with Gasteiger partial charge >= 0.3 is 6.09 Å². The standard InChI is InChI=1S/C15H19N3O4/c1-22-15(21)18-5-3-12-10(8-18)6-16-7-13(12)14(20)17-4-2-11(19)9-17/h6-7,11,19H,2-5,8-9H2,1H3. The summed E-state index contributed by atoms with van der Waals surface area (Å²) in [5.74, 6) is -0.0904. The lowest BCUT2D eigenvalue weighted by molar-refractivity contribution is 0.0762. The Labute approximate surface area is 128 Å². The van der Waals surface area contributed by atoms with E-state index in [0.29, 0.717) is 44.6 Å². The van der Waals surface area contributed by atoms with Gasteiger partial charge in [-0.2, -0.15) is 0 Å². The van der Waals surface area contributed by atoms with Crippen LogP contribution in [0.4, 0.5) is 4.79 Å². The van der Waals surface area contributed by atoms with E-state index >= 15 is 0 Å². The Morgan fingerprint density at radius 3 is 2.82 bits per heavy atom. The largest absolute Gasteiger partial charge is 0.453 e. The first-order valence-electron chi connectivity index (χ1n) is 7.36. The summed E-state index contributed by atoms with van der Waals surface area (Å²) in [5, 5.41) is 9.59. The van der Waals surface area contributed by atoms with Crippen molar-refractivity contribution in [3.05, 3.63) is 29.1 Å². The second-order valence-corrected chi connectivity index (χ2v) is 5.66. The second kappa shape index (κ2) is 5.92. The number of aliphatic hydroxyl groups is 1. The molecule has 1 aromatic heterocycles. The number of β-amino-alcohol motifs (C(OH)–C–C–N with tert-alkyl or cyclic N) is 1. The molecule has 2 aliphatic rings. The predicted molar refractivity (Wildman–Crippen MR) is 77.3 cm³/mol. The number of aliphatic hydroxyl groups excluding tert-OH is 1. The topological polar surface area (TPSA) is 83.0 Å². The highest BCUT2D eigenvalue weighted by atomic mass is 16.5. The number of ether oxygens (including phenoxy) is 1. The first-order valence-corrected chi connectivity index (χ1v) is 7.36. The molecule has 2 amide bonds. The summed E-state index contributed by atoms with van der Waals surface area (Å²) in [5.41, 5.74) is 2.40. The number of hydrogen-bond acceptors (Lipinski definition) is 5. The molecule has 7 heteroatoms. The number of likely N-dealkylation sites (tertiary alicyclic amines) is 1. The number of fused-ring (bicyclic) bond motifs is 1. The Morgan fingerprint density at radius 2 is 2.14 bits per heavy atom. The average molecular weight is 305 g/mol. The van der Waals surface area contributed by atoms with Crippen molar-refractivity contribution < 1.29 is 19.4 Å². The molecule has 3 rings (SSSR count). The first kappa shape index (κ1) is 14.8. The van der Waals surface area contributed by atoms with Gasteiger partial charge in [-0.1, -0.05) is 0 Å². The molecule has 0 spiro atoms. The lowest BCUT2D eigenvalue weighted by atomic mass is 9.96. The van der Waals surface area contributed by atoms with Gasteiger partial charge in [0.1, 0.15) is 0 Å². The average Bonchev–Trinajstić information content (AvgIpc) is 2.98. The minimum atomic E-state index is -0.439. The Balaban J connectivity index is 1.83. The minimum absolute atomic E-state index is 0.0904. The smallest absolute Gasteiger partial charge is 0.409 e. The van der Waals surface area contributed by atoms with Gasteiger partial charge < -0.3 is 19.6 Å². The molecule has 2 aliphatic heterocycles. The molecule has 0 saturated carbocycles. The molecule has 0 bridgehead atoms. The zero-order valence-electron chi connectivity index (χ0n) is 12.5. The fraction of sp³-hybridized carbons (Fsp3) is 0.533. The van der Waals surface area contributed by atoms with Crippen LogP contribution in [0.3, 0.4) is 0 Å². The van der Waals surface area contributed by atoms with Crippen LogP contribution in [0.2, 0.25) is 0 Å². The predicted octanol–water partition coefficient (Wildman–Crippen LogP) is 0.413. The van der Waals surface area contributed by atoms with E-state index in [9.17, 15) is 14.7 Å². The van der Waals surface area contributed by atoms with Crippen LogP contribution in [0.5, 0.6) is 0 Å². The van der Waals surface area contributed by atoms with Crippen molar-refractivity contribution in [2.24, 2.45) is 0 Å². The van der Waals surface area contributed by atoms with E-state index in [1.807, 2.05) is 0 Å². The number of rotatable bonds is 1. The van der Waals surface area contributed by atoms with E-state index in [1.54, 1.807) is 22.2 Å². The third-order valence-electron chi connectivity index (χ3n) is 4.25. The molecule has 118 valence electrons. The fourth-order valence-corrected chi connectivity index (χ4v) is 3.06. The van der Waals surface area contributed by atoms with Gasteiger partial charge in [-0.15, -0.1) is 0 Å². The number of carbonyl (C=O) groups excluding carboxylic acids is 2. The first-order chi connectivity index (χ1) is 10.6. The molecule has 7 nitrogen and oxygen atoms in total. The molecule has 1 N–H and O–H groups in total. The van der Waals surface area contributed by atoms with E-state index in [1.165, 1.54) is 7.11 Å². The van der Waals surface area contributed by atoms with Gasteiger partial charge in [0.25, 0.3) is 5.91 Å². The zero-order valence-corrected chi connectivity index (χ0v) is 12.5. The van der Waals surface area contributed by atoms with E-state index in [4.69, 9.17) is 4.74 Å². The summed E-state index contributed by atoms with van der Waals surface area (Å²) < 4.78 is 4.74. The fourth-order valence-electron chi connectivity index (χ4n) is 3.06. The maximum absolute atomic E-state index is 12.6. The number of pyridine rings is 1. The van der Waals surface area contributed by atoms with E-state index in [-0.39, 0.29) is 12.0 Å². The molecule has 3 heterocycles. The van der Waals surface area contributed by atoms with E-state index in [0.717, 1.165) is 11.1 Å². The molecule has 22 heavy (non-hydrogen) atoms. The highest BCUT2D eigenvalue weighted by Crippen LogP contribution is 2.24. The molecule has 1 saturated heterocycles. The van der Waals surface area contributed by atoms with Crippen LogP contribution in [0, 0.1) is 0 Å². The van der Waals surface area contributed by atoms with Crippen LogP contribution in [0.25, 0.3) is 0 Å². The number of hydrogen-bond donors (Lipinski definition) is 1. The number of amides is 2. The second-order valence-electron chi connectivity index (χ2n) is 5.66. The van der Waals surface area contributed by atoms with Gasteiger partial charge in [-0.05, 0) is 24.0 Å². The molecule has 1 unspecified atom stereocenters. The summed E-state index contributed by atoms with van der Waals surface area (Å²) in [7, 11) is 1.36. The summed E-state index contributed by atoms with van der Waals surface area (Å²) >= 11 is 0. The van der Waals surface area contributed by atoms with Crippen LogP contribution in [-0.2, 0) is 17.7 Å². The van der Waals surface area contributed by atoms with Gasteiger partial charge in [0.15, 0.2) is 0 Å². The number of methoxy groups -OCH3 is 1. The van der Waals surface area contributed by atoms with Crippen molar-refractivity contribution in [1.82, 2.24) is 14.8 Å². The van der Waals surface area contributed by atoms with Crippen molar-refractivity contribution in [3.8, 4) is 0 Å². The molecule has 1 fully saturated rings. The van der Waals surface area contributed by atoms with Gasteiger partial charge in [-0.3, -0.25) is 9.78 Å². The van der Waals surface area contributed by atoms with E-state index in [2.05, 4.69) is 4.98 Å². The van der Waals surface area contributed by atoms with Crippen molar-refractivity contribution in [3.63, 3.8) is 0 Å². The Morgan fingerprint density at radius 1 is 1.32 bits per heavy atom. The molecule has 0 aromatic carbocycles. The molecule has 0 aliphatic carbocycles. The molecule has 1 aromatic rings. The monoisotopic (exact) mass is 305 g/mol. The van der Waals surface area contributed by atoms with Crippen molar-refractivity contribution in [2.45, 2.75) is 25.5 Å². The molecule has 1 atom stereocenters. The SMILES string of the molecule is COC(=O)N1CCc2c(cncc2C(=O)N2CCC(O)C2)C1. The molecule has 0 radical (unpaired) electrons. The van der Waals surface area contributed by atoms with Gasteiger partial charge in [-0.25, -0.2) is 4.79 Å². The van der Waals surface area contributed by atoms with Gasteiger partial charge in [0.05, 0.1) is 25.3 Å². The summed E-state index contributed by atoms with van der Waals surface area (Å²) in [4.78, 5) is 31.6. The Hall–Kier alpha value is -2.15. The maximum Gasteiger partial charge on any atom is 0.409 e. The summed E-state index contributed by atoms with van der Waals surface area (Å²) in [6.45, 7) is 1.86. The molecular weight excluding hydrogens is 286 g/mol. The quantitative estimate of drug-likeness (QED) is 0.812. The minimum Gasteiger partial charge on any atom is -0.453 e. The highest BCUT2D eigenvalue weighted by Gasteiger charge is 2.30. The van der Waals surface area contributed by atoms with Crippen LogP contribution in [0.15, 0.2) is 12.4 Å². The van der Waals surface area contributed by atoms with Crippen molar-refractivity contribution in [1.29, 1.82) is 0 Å². The van der Waals surface area contributed by atoms with E-state index < -0.39 is 6.10 Å². The van der Waals surface area contributed by atoms with Crippen LogP contribution in [-0.4, -0.2) is 64.7 Å². The number of nitrogens with zero attached hydrogens (tertiary/aromatic N) is 3. The summed E-state index contributed by atoms with van der Waals surface area (Å²) in [6.07, 6.45) is 3.69. The Kier molecular flexibility index (Phi) is 3.98. The summed E-state index contributed by atoms with van der Waals surface area (Å²) in [6, 6.07) is 0. The maximum atomic E-state index is 12.6. The number of aromatic nitrogens is 1. The molecular formula is C15H19N3O4. The van der Waals surface area contributed by atoms with Crippen molar-refractivity contribution in [2.75, 3.05) is 26.7 Å². The normalized spacial score (nSPS) is 20.7. The highest BCUT2D eigenvalue weighted by molar-refractivity contribution is 5.96. The van der Waals surface area contributed by atoms with Crippen LogP contribution in [0.1, 0.15) is 27.9 Å². The number of carbonyl (C=O) groups is 2. The Bertz CT molecular complexity index is 604. The van der Waals surface area contributed by atoms with Gasteiger partial charge in [0.2, 0.25) is 0 Å². The lowest BCUT2D eigenvalue weighted by Gasteiger charge is -2.29. The van der Waals surface area contributed by atoms with Crippen LogP contribution >= 0.6 is 0 Å². The van der Waals surface area contributed by atoms with Crippen LogP contribution < -0.4 is 0 Å². The lowest BCUT2D eigenvalue weighted by Crippen LogP contribution is -2.37.